The summed E-state index contributed by atoms with van der Waals surface area (Å²) in [7, 11) is 0. The number of hydrogen-bond acceptors (Lipinski definition) is 3. The Balaban J connectivity index is 2.05. The van der Waals surface area contributed by atoms with Gasteiger partial charge in [0.15, 0.2) is 5.96 Å². The zero-order valence-electron chi connectivity index (χ0n) is 11.2. The zero-order valence-corrected chi connectivity index (χ0v) is 11.2. The Kier molecular flexibility index (Phi) is 6.61. The minimum Gasteiger partial charge on any atom is -0.370 e. The van der Waals surface area contributed by atoms with E-state index >= 15 is 0 Å². The van der Waals surface area contributed by atoms with Gasteiger partial charge in [0.2, 0.25) is 0 Å². The second-order valence-electron chi connectivity index (χ2n) is 4.41. The highest BCUT2D eigenvalue weighted by Gasteiger charge is 1.94. The van der Waals surface area contributed by atoms with E-state index in [0.29, 0.717) is 12.0 Å². The normalized spacial score (nSPS) is 11.6. The summed E-state index contributed by atoms with van der Waals surface area (Å²) in [5.41, 5.74) is 5.69. The van der Waals surface area contributed by atoms with Crippen molar-refractivity contribution >= 4 is 11.8 Å². The first kappa shape index (κ1) is 14.3. The number of anilines is 1. The van der Waals surface area contributed by atoms with Crippen LogP contribution >= 0.6 is 0 Å². The zero-order chi connectivity index (χ0) is 13.2. The van der Waals surface area contributed by atoms with E-state index in [2.05, 4.69) is 20.6 Å². The fraction of sp³-hybridized carbons (Fsp3) is 0.538. The van der Waals surface area contributed by atoms with Gasteiger partial charge in [-0.05, 0) is 38.8 Å². The molecule has 0 amide bonds. The molecule has 0 aliphatic heterocycles. The molecule has 1 rings (SSSR count). The molecule has 0 unspecified atom stereocenters. The lowest BCUT2D eigenvalue weighted by Crippen LogP contribution is -2.36. The first-order valence-electron chi connectivity index (χ1n) is 6.40. The number of nitrogens with one attached hydrogen (secondary N) is 2. The van der Waals surface area contributed by atoms with Gasteiger partial charge in [-0.25, -0.2) is 4.98 Å². The van der Waals surface area contributed by atoms with Crippen molar-refractivity contribution in [3.8, 4) is 0 Å². The SMILES string of the molecule is CC(C)NC(N)=NCCCCNc1ccccn1. The van der Waals surface area contributed by atoms with Gasteiger partial charge in [0.25, 0.3) is 0 Å². The van der Waals surface area contributed by atoms with E-state index in [1.807, 2.05) is 32.0 Å². The molecule has 4 N–H and O–H groups in total. The van der Waals surface area contributed by atoms with Crippen LogP contribution in [0.4, 0.5) is 5.82 Å². The lowest BCUT2D eigenvalue weighted by molar-refractivity contribution is 0.715. The number of hydrogen-bond donors (Lipinski definition) is 3. The summed E-state index contributed by atoms with van der Waals surface area (Å²) in [6.07, 6.45) is 3.85. The standard InChI is InChI=1S/C13H23N5/c1-11(2)18-13(14)17-10-6-5-9-16-12-7-3-4-8-15-12/h3-4,7-8,11H,5-6,9-10H2,1-2H3,(H,15,16)(H3,14,17,18). The predicted molar refractivity (Wildman–Crippen MR) is 76.7 cm³/mol. The molecule has 18 heavy (non-hydrogen) atoms. The molecule has 5 heteroatoms. The fourth-order valence-electron chi connectivity index (χ4n) is 1.46. The average molecular weight is 249 g/mol. The molecule has 0 aliphatic carbocycles. The van der Waals surface area contributed by atoms with E-state index in [-0.39, 0.29) is 0 Å². The molecule has 1 aromatic heterocycles. The van der Waals surface area contributed by atoms with Crippen LogP contribution in [-0.2, 0) is 0 Å². The van der Waals surface area contributed by atoms with Crippen LogP contribution < -0.4 is 16.4 Å². The third-order valence-corrected chi connectivity index (χ3v) is 2.27. The van der Waals surface area contributed by atoms with E-state index in [4.69, 9.17) is 5.73 Å². The third kappa shape index (κ3) is 6.73. The van der Waals surface area contributed by atoms with Crippen molar-refractivity contribution in [2.45, 2.75) is 32.7 Å². The Morgan fingerprint density at radius 2 is 2.22 bits per heavy atom. The second-order valence-corrected chi connectivity index (χ2v) is 4.41. The Hall–Kier alpha value is -1.78. The van der Waals surface area contributed by atoms with Gasteiger partial charge in [0.05, 0.1) is 0 Å². The summed E-state index contributed by atoms with van der Waals surface area (Å²) in [5.74, 6) is 1.45. The maximum Gasteiger partial charge on any atom is 0.188 e. The lowest BCUT2D eigenvalue weighted by Gasteiger charge is -2.08. The molecule has 1 heterocycles. The highest BCUT2D eigenvalue weighted by atomic mass is 15.1. The number of unbranched alkanes of at least 4 members (excludes halogenated alkanes) is 1. The molecule has 0 aromatic carbocycles. The van der Waals surface area contributed by atoms with E-state index in [0.717, 1.165) is 31.7 Å². The van der Waals surface area contributed by atoms with Crippen molar-refractivity contribution in [2.75, 3.05) is 18.4 Å². The summed E-state index contributed by atoms with van der Waals surface area (Å²) in [6.45, 7) is 5.75. The summed E-state index contributed by atoms with van der Waals surface area (Å²) in [5, 5.41) is 6.32. The number of rotatable bonds is 7. The average Bonchev–Trinajstić information content (AvgIpc) is 2.34. The van der Waals surface area contributed by atoms with Gasteiger partial charge >= 0.3 is 0 Å². The largest absolute Gasteiger partial charge is 0.370 e. The molecule has 1 aromatic rings. The van der Waals surface area contributed by atoms with Crippen LogP contribution in [0.3, 0.4) is 0 Å². The maximum absolute atomic E-state index is 5.69. The van der Waals surface area contributed by atoms with Crippen molar-refractivity contribution in [3.05, 3.63) is 24.4 Å². The summed E-state index contributed by atoms with van der Waals surface area (Å²) in [4.78, 5) is 8.44. The Morgan fingerprint density at radius 1 is 1.39 bits per heavy atom. The molecule has 0 aliphatic rings. The molecule has 100 valence electrons. The predicted octanol–water partition coefficient (Wildman–Crippen LogP) is 1.59. The molecule has 0 spiro atoms. The Morgan fingerprint density at radius 3 is 2.89 bits per heavy atom. The molecule has 0 fully saturated rings. The number of pyridine rings is 1. The van der Waals surface area contributed by atoms with Crippen LogP contribution in [0.2, 0.25) is 0 Å². The molecular formula is C13H23N5. The maximum atomic E-state index is 5.69. The van der Waals surface area contributed by atoms with Crippen LogP contribution in [0.15, 0.2) is 29.4 Å². The molecule has 0 radical (unpaired) electrons. The van der Waals surface area contributed by atoms with E-state index < -0.39 is 0 Å². The van der Waals surface area contributed by atoms with Crippen LogP contribution in [0.25, 0.3) is 0 Å². The molecule has 0 bridgehead atoms. The van der Waals surface area contributed by atoms with Gasteiger partial charge in [-0.3, -0.25) is 4.99 Å². The summed E-state index contributed by atoms with van der Waals surface area (Å²) in [6, 6.07) is 6.17. The Bertz CT molecular complexity index is 348. The molecule has 0 atom stereocenters. The lowest BCUT2D eigenvalue weighted by atomic mass is 10.3. The van der Waals surface area contributed by atoms with Crippen LogP contribution in [-0.4, -0.2) is 30.1 Å². The molecule has 0 saturated heterocycles. The van der Waals surface area contributed by atoms with Gasteiger partial charge < -0.3 is 16.4 Å². The van der Waals surface area contributed by atoms with Crippen molar-refractivity contribution in [2.24, 2.45) is 10.7 Å². The van der Waals surface area contributed by atoms with Crippen LogP contribution in [0.1, 0.15) is 26.7 Å². The molecule has 5 nitrogen and oxygen atoms in total. The smallest absolute Gasteiger partial charge is 0.188 e. The van der Waals surface area contributed by atoms with Gasteiger partial charge in [0.1, 0.15) is 5.82 Å². The minimum atomic E-state index is 0.333. The van der Waals surface area contributed by atoms with E-state index in [9.17, 15) is 0 Å². The van der Waals surface area contributed by atoms with Gasteiger partial charge in [-0.15, -0.1) is 0 Å². The molecular weight excluding hydrogens is 226 g/mol. The van der Waals surface area contributed by atoms with Crippen molar-refractivity contribution in [3.63, 3.8) is 0 Å². The van der Waals surface area contributed by atoms with E-state index in [1.54, 1.807) is 6.20 Å². The fourth-order valence-corrected chi connectivity index (χ4v) is 1.46. The Labute approximate surface area is 109 Å². The molecule has 0 saturated carbocycles. The van der Waals surface area contributed by atoms with Gasteiger partial charge in [0, 0.05) is 25.3 Å². The van der Waals surface area contributed by atoms with Crippen LogP contribution in [0.5, 0.6) is 0 Å². The quantitative estimate of drug-likeness (QED) is 0.390. The number of aromatic nitrogens is 1. The first-order chi connectivity index (χ1) is 8.68. The monoisotopic (exact) mass is 249 g/mol. The minimum absolute atomic E-state index is 0.333. The third-order valence-electron chi connectivity index (χ3n) is 2.27. The topological polar surface area (TPSA) is 75.3 Å². The second kappa shape index (κ2) is 8.33. The van der Waals surface area contributed by atoms with Gasteiger partial charge in [-0.1, -0.05) is 6.07 Å². The van der Waals surface area contributed by atoms with Crippen molar-refractivity contribution in [1.29, 1.82) is 0 Å². The highest BCUT2D eigenvalue weighted by Crippen LogP contribution is 2.00. The van der Waals surface area contributed by atoms with Crippen molar-refractivity contribution < 1.29 is 0 Å². The number of nitrogens with two attached hydrogens (primary N) is 1. The van der Waals surface area contributed by atoms with Crippen molar-refractivity contribution in [1.82, 2.24) is 10.3 Å². The number of guanidine groups is 1. The van der Waals surface area contributed by atoms with Crippen LogP contribution in [0, 0.1) is 0 Å². The van der Waals surface area contributed by atoms with E-state index in [1.165, 1.54) is 0 Å². The summed E-state index contributed by atoms with van der Waals surface area (Å²) < 4.78 is 0. The number of aliphatic imine (C=N–C) groups is 1. The first-order valence-corrected chi connectivity index (χ1v) is 6.40. The number of nitrogens with zero attached hydrogens (tertiary/aromatic N) is 2. The summed E-state index contributed by atoms with van der Waals surface area (Å²) >= 11 is 0. The van der Waals surface area contributed by atoms with Gasteiger partial charge in [-0.2, -0.15) is 0 Å². The highest BCUT2D eigenvalue weighted by molar-refractivity contribution is 5.77.